The van der Waals surface area contributed by atoms with Crippen LogP contribution in [0.4, 0.5) is 0 Å². The predicted molar refractivity (Wildman–Crippen MR) is 85.5 cm³/mol. The summed E-state index contributed by atoms with van der Waals surface area (Å²) in [5.41, 5.74) is 7.23. The quantitative estimate of drug-likeness (QED) is 0.891. The van der Waals surface area contributed by atoms with E-state index in [1.807, 2.05) is 18.2 Å². The lowest BCUT2D eigenvalue weighted by Crippen LogP contribution is -2.32. The molecule has 2 unspecified atom stereocenters. The van der Waals surface area contributed by atoms with Crippen molar-refractivity contribution in [2.45, 2.75) is 26.3 Å². The highest BCUT2D eigenvalue weighted by Gasteiger charge is 2.30. The summed E-state index contributed by atoms with van der Waals surface area (Å²) in [7, 11) is 0. The molecule has 2 N–H and O–H groups in total. The largest absolute Gasteiger partial charge is 0.329 e. The van der Waals surface area contributed by atoms with E-state index >= 15 is 0 Å². The number of rotatable bonds is 4. The molecule has 0 spiro atoms. The summed E-state index contributed by atoms with van der Waals surface area (Å²) in [4.78, 5) is 2.50. The molecule has 0 aliphatic carbocycles. The lowest BCUT2D eigenvalue weighted by atomic mass is 9.95. The van der Waals surface area contributed by atoms with Gasteiger partial charge in [0.25, 0.3) is 0 Å². The van der Waals surface area contributed by atoms with Crippen LogP contribution in [-0.2, 0) is 0 Å². The molecule has 0 bridgehead atoms. The molecule has 106 valence electrons. The Labute approximate surface area is 129 Å². The van der Waals surface area contributed by atoms with Gasteiger partial charge in [-0.1, -0.05) is 41.4 Å². The molecule has 1 aliphatic rings. The molecule has 2 atom stereocenters. The maximum absolute atomic E-state index is 6.12. The number of hydrogen-bond donors (Lipinski definition) is 1. The summed E-state index contributed by atoms with van der Waals surface area (Å²) in [6.45, 7) is 7.51. The van der Waals surface area contributed by atoms with Crippen molar-refractivity contribution in [3.05, 3.63) is 33.3 Å². The van der Waals surface area contributed by atoms with Crippen LogP contribution in [0.15, 0.2) is 22.7 Å². The van der Waals surface area contributed by atoms with E-state index in [2.05, 4.69) is 34.7 Å². The van der Waals surface area contributed by atoms with Crippen molar-refractivity contribution in [2.75, 3.05) is 19.6 Å². The van der Waals surface area contributed by atoms with Gasteiger partial charge in [0.15, 0.2) is 0 Å². The molecule has 1 fully saturated rings. The molecule has 0 amide bonds. The Hall–Kier alpha value is -0.0900. The van der Waals surface area contributed by atoms with E-state index in [1.54, 1.807) is 0 Å². The summed E-state index contributed by atoms with van der Waals surface area (Å²) >= 11 is 9.75. The fourth-order valence-electron chi connectivity index (χ4n) is 2.89. The lowest BCUT2D eigenvalue weighted by Gasteiger charge is -2.28. The first-order valence-corrected chi connectivity index (χ1v) is 8.09. The van der Waals surface area contributed by atoms with Crippen molar-refractivity contribution in [3.8, 4) is 0 Å². The highest BCUT2D eigenvalue weighted by Crippen LogP contribution is 2.34. The van der Waals surface area contributed by atoms with Crippen LogP contribution >= 0.6 is 27.5 Å². The van der Waals surface area contributed by atoms with Crippen LogP contribution in [0.3, 0.4) is 0 Å². The zero-order valence-electron chi connectivity index (χ0n) is 11.6. The standard InChI is InChI=1S/C15H22BrClN2/c1-10(2)11-5-6-19(9-11)15(8-18)13-7-12(17)3-4-14(13)16/h3-4,7,10-11,15H,5-6,8-9,18H2,1-2H3. The van der Waals surface area contributed by atoms with Gasteiger partial charge in [0.05, 0.1) is 0 Å². The SMILES string of the molecule is CC(C)C1CCN(C(CN)c2cc(Cl)ccc2Br)C1. The van der Waals surface area contributed by atoms with E-state index in [9.17, 15) is 0 Å². The molecule has 0 aromatic heterocycles. The Morgan fingerprint density at radius 3 is 2.79 bits per heavy atom. The molecule has 2 nitrogen and oxygen atoms in total. The molecular formula is C15H22BrClN2. The molecule has 4 heteroatoms. The normalized spacial score (nSPS) is 22.1. The summed E-state index contributed by atoms with van der Waals surface area (Å²) < 4.78 is 1.10. The highest BCUT2D eigenvalue weighted by molar-refractivity contribution is 9.10. The van der Waals surface area contributed by atoms with Gasteiger partial charge in [-0.15, -0.1) is 0 Å². The Balaban J connectivity index is 2.19. The van der Waals surface area contributed by atoms with Gasteiger partial charge in [-0.05, 0) is 48.6 Å². The first-order chi connectivity index (χ1) is 9.02. The van der Waals surface area contributed by atoms with Crippen molar-refractivity contribution < 1.29 is 0 Å². The summed E-state index contributed by atoms with van der Waals surface area (Å²) in [6.07, 6.45) is 1.27. The van der Waals surface area contributed by atoms with Gasteiger partial charge in [-0.25, -0.2) is 0 Å². The number of halogens is 2. The van der Waals surface area contributed by atoms with Crippen LogP contribution in [0.25, 0.3) is 0 Å². The molecule has 1 aliphatic heterocycles. The predicted octanol–water partition coefficient (Wildman–Crippen LogP) is 4.08. The van der Waals surface area contributed by atoms with Crippen LogP contribution < -0.4 is 5.73 Å². The third-order valence-electron chi connectivity index (χ3n) is 4.18. The van der Waals surface area contributed by atoms with Gasteiger partial charge < -0.3 is 5.73 Å². The van der Waals surface area contributed by atoms with Crippen LogP contribution in [0.1, 0.15) is 31.9 Å². The number of nitrogens with zero attached hydrogens (tertiary/aromatic N) is 1. The van der Waals surface area contributed by atoms with E-state index in [1.165, 1.54) is 12.0 Å². The van der Waals surface area contributed by atoms with E-state index in [0.29, 0.717) is 6.54 Å². The van der Waals surface area contributed by atoms with E-state index in [0.717, 1.165) is 34.4 Å². The van der Waals surface area contributed by atoms with Crippen LogP contribution in [0, 0.1) is 11.8 Å². The number of likely N-dealkylation sites (tertiary alicyclic amines) is 1. The van der Waals surface area contributed by atoms with Gasteiger partial charge >= 0.3 is 0 Å². The van der Waals surface area contributed by atoms with Crippen molar-refractivity contribution in [1.29, 1.82) is 0 Å². The van der Waals surface area contributed by atoms with E-state index in [4.69, 9.17) is 17.3 Å². The first-order valence-electron chi connectivity index (χ1n) is 6.92. The summed E-state index contributed by atoms with van der Waals surface area (Å²) in [5, 5.41) is 0.774. The first kappa shape index (κ1) is 15.3. The third-order valence-corrected chi connectivity index (χ3v) is 5.14. The van der Waals surface area contributed by atoms with Gasteiger partial charge in [0, 0.05) is 28.6 Å². The minimum Gasteiger partial charge on any atom is -0.329 e. The van der Waals surface area contributed by atoms with Crippen LogP contribution in [0.5, 0.6) is 0 Å². The smallest absolute Gasteiger partial charge is 0.0482 e. The second kappa shape index (κ2) is 6.57. The number of nitrogens with two attached hydrogens (primary N) is 1. The molecule has 0 radical (unpaired) electrons. The zero-order valence-corrected chi connectivity index (χ0v) is 13.9. The van der Waals surface area contributed by atoms with Crippen molar-refractivity contribution in [3.63, 3.8) is 0 Å². The fraction of sp³-hybridized carbons (Fsp3) is 0.600. The molecule has 1 aromatic rings. The van der Waals surface area contributed by atoms with E-state index < -0.39 is 0 Å². The highest BCUT2D eigenvalue weighted by atomic mass is 79.9. The Bertz CT molecular complexity index is 436. The summed E-state index contributed by atoms with van der Waals surface area (Å²) in [6, 6.07) is 6.21. The second-order valence-corrected chi connectivity index (χ2v) is 7.00. The third kappa shape index (κ3) is 3.52. The molecule has 2 rings (SSSR count). The molecule has 1 saturated heterocycles. The maximum Gasteiger partial charge on any atom is 0.0482 e. The fourth-order valence-corrected chi connectivity index (χ4v) is 3.58. The summed E-state index contributed by atoms with van der Waals surface area (Å²) in [5.74, 6) is 1.53. The van der Waals surface area contributed by atoms with Crippen LogP contribution in [-0.4, -0.2) is 24.5 Å². The maximum atomic E-state index is 6.12. The molecule has 1 aromatic carbocycles. The van der Waals surface area contributed by atoms with Gasteiger partial charge in [-0.2, -0.15) is 0 Å². The Morgan fingerprint density at radius 1 is 1.47 bits per heavy atom. The monoisotopic (exact) mass is 344 g/mol. The molecule has 19 heavy (non-hydrogen) atoms. The zero-order chi connectivity index (χ0) is 14.0. The lowest BCUT2D eigenvalue weighted by molar-refractivity contribution is 0.231. The van der Waals surface area contributed by atoms with Crippen molar-refractivity contribution in [1.82, 2.24) is 4.90 Å². The average molecular weight is 346 g/mol. The Morgan fingerprint density at radius 2 is 2.21 bits per heavy atom. The van der Waals surface area contributed by atoms with Gasteiger partial charge in [-0.3, -0.25) is 4.90 Å². The van der Waals surface area contributed by atoms with Crippen molar-refractivity contribution >= 4 is 27.5 Å². The van der Waals surface area contributed by atoms with E-state index in [-0.39, 0.29) is 6.04 Å². The topological polar surface area (TPSA) is 29.3 Å². The van der Waals surface area contributed by atoms with Crippen molar-refractivity contribution in [2.24, 2.45) is 17.6 Å². The second-order valence-electron chi connectivity index (χ2n) is 5.71. The van der Waals surface area contributed by atoms with Gasteiger partial charge in [0.1, 0.15) is 0 Å². The van der Waals surface area contributed by atoms with Gasteiger partial charge in [0.2, 0.25) is 0 Å². The number of benzene rings is 1. The average Bonchev–Trinajstić information content (AvgIpc) is 2.84. The minimum atomic E-state index is 0.261. The van der Waals surface area contributed by atoms with Crippen LogP contribution in [0.2, 0.25) is 5.02 Å². The molecular weight excluding hydrogens is 324 g/mol. The Kier molecular flexibility index (Phi) is 5.29. The molecule has 1 heterocycles. The molecule has 0 saturated carbocycles. The minimum absolute atomic E-state index is 0.261. The number of hydrogen-bond acceptors (Lipinski definition) is 2.